The van der Waals surface area contributed by atoms with Gasteiger partial charge in [-0.2, -0.15) is 0 Å². The maximum absolute atomic E-state index is 12.7. The van der Waals surface area contributed by atoms with E-state index in [2.05, 4.69) is 5.32 Å². The summed E-state index contributed by atoms with van der Waals surface area (Å²) in [5.41, 5.74) is 1.56. The lowest BCUT2D eigenvalue weighted by Crippen LogP contribution is -2.25. The van der Waals surface area contributed by atoms with Gasteiger partial charge in [0, 0.05) is 18.2 Å². The van der Waals surface area contributed by atoms with Crippen molar-refractivity contribution in [2.24, 2.45) is 0 Å². The molecule has 28 heavy (non-hydrogen) atoms. The molecule has 0 atom stereocenters. The van der Waals surface area contributed by atoms with Gasteiger partial charge in [0.25, 0.3) is 5.91 Å². The number of rotatable bonds is 4. The van der Waals surface area contributed by atoms with Gasteiger partial charge in [-0.15, -0.1) is 0 Å². The summed E-state index contributed by atoms with van der Waals surface area (Å²) in [6, 6.07) is 18.3. The molecule has 4 rings (SSSR count). The van der Waals surface area contributed by atoms with Crippen LogP contribution in [0.3, 0.4) is 0 Å². The molecule has 0 aromatic heterocycles. The molecule has 1 aliphatic heterocycles. The minimum Gasteiger partial charge on any atom is -0.494 e. The molecule has 1 N–H and O–H groups in total. The molecule has 0 unspecified atom stereocenters. The van der Waals surface area contributed by atoms with Gasteiger partial charge in [-0.1, -0.05) is 30.3 Å². The van der Waals surface area contributed by atoms with Crippen molar-refractivity contribution in [2.45, 2.75) is 6.42 Å². The number of benzene rings is 3. The zero-order valence-corrected chi connectivity index (χ0v) is 16.2. The van der Waals surface area contributed by atoms with Crippen molar-refractivity contribution in [3.8, 4) is 5.75 Å². The molecule has 7 heteroatoms. The minimum absolute atomic E-state index is 0.149. The molecule has 1 saturated heterocycles. The van der Waals surface area contributed by atoms with Crippen molar-refractivity contribution in [3.05, 3.63) is 66.2 Å². The summed E-state index contributed by atoms with van der Waals surface area (Å²) in [6.07, 6.45) is 0.602. The van der Waals surface area contributed by atoms with E-state index in [1.807, 2.05) is 36.4 Å². The van der Waals surface area contributed by atoms with Gasteiger partial charge in [0.05, 0.1) is 24.2 Å². The van der Waals surface area contributed by atoms with E-state index in [-0.39, 0.29) is 11.7 Å². The zero-order valence-electron chi connectivity index (χ0n) is 15.4. The lowest BCUT2D eigenvalue weighted by Gasteiger charge is -2.19. The summed E-state index contributed by atoms with van der Waals surface area (Å²) in [7, 11) is -1.79. The molecular formula is C21H20N2O4S. The topological polar surface area (TPSA) is 75.7 Å². The fraction of sp³-hybridized carbons (Fsp3) is 0.190. The van der Waals surface area contributed by atoms with Crippen LogP contribution in [-0.4, -0.2) is 33.7 Å². The second-order valence-corrected chi connectivity index (χ2v) is 8.66. The van der Waals surface area contributed by atoms with Crippen LogP contribution in [0, 0.1) is 0 Å². The molecular weight excluding hydrogens is 376 g/mol. The highest BCUT2D eigenvalue weighted by Crippen LogP contribution is 2.33. The number of fused-ring (bicyclic) bond motifs is 1. The van der Waals surface area contributed by atoms with E-state index < -0.39 is 10.0 Å². The Morgan fingerprint density at radius 2 is 1.82 bits per heavy atom. The van der Waals surface area contributed by atoms with Crippen LogP contribution in [0.25, 0.3) is 10.8 Å². The van der Waals surface area contributed by atoms with E-state index in [1.54, 1.807) is 24.3 Å². The Kier molecular flexibility index (Phi) is 4.68. The summed E-state index contributed by atoms with van der Waals surface area (Å²) in [4.78, 5) is 12.7. The zero-order chi connectivity index (χ0) is 19.7. The summed E-state index contributed by atoms with van der Waals surface area (Å²) < 4.78 is 31.0. The number of amides is 1. The number of carbonyl (C=O) groups excluding carboxylic acids is 1. The monoisotopic (exact) mass is 396 g/mol. The fourth-order valence-electron chi connectivity index (χ4n) is 3.39. The first-order valence-electron chi connectivity index (χ1n) is 8.96. The molecule has 0 aliphatic carbocycles. The highest BCUT2D eigenvalue weighted by molar-refractivity contribution is 7.93. The lowest BCUT2D eigenvalue weighted by atomic mass is 10.1. The van der Waals surface area contributed by atoms with Gasteiger partial charge in [0.15, 0.2) is 0 Å². The van der Waals surface area contributed by atoms with Gasteiger partial charge in [0.1, 0.15) is 5.75 Å². The molecule has 1 heterocycles. The smallest absolute Gasteiger partial charge is 0.255 e. The summed E-state index contributed by atoms with van der Waals surface area (Å²) in [5, 5.41) is 4.89. The van der Waals surface area contributed by atoms with E-state index in [9.17, 15) is 13.2 Å². The average molecular weight is 396 g/mol. The highest BCUT2D eigenvalue weighted by Gasteiger charge is 2.29. The van der Waals surface area contributed by atoms with Crippen molar-refractivity contribution in [1.29, 1.82) is 0 Å². The van der Waals surface area contributed by atoms with Crippen LogP contribution in [0.4, 0.5) is 11.4 Å². The molecule has 6 nitrogen and oxygen atoms in total. The third kappa shape index (κ3) is 3.41. The molecule has 3 aromatic rings. The van der Waals surface area contributed by atoms with Crippen molar-refractivity contribution in [2.75, 3.05) is 29.0 Å². The predicted octanol–water partition coefficient (Wildman–Crippen LogP) is 3.64. The van der Waals surface area contributed by atoms with Crippen LogP contribution >= 0.6 is 0 Å². The second kappa shape index (κ2) is 7.16. The number of anilines is 2. The van der Waals surface area contributed by atoms with Gasteiger partial charge >= 0.3 is 0 Å². The van der Waals surface area contributed by atoms with Gasteiger partial charge in [0.2, 0.25) is 10.0 Å². The van der Waals surface area contributed by atoms with E-state index >= 15 is 0 Å². The largest absolute Gasteiger partial charge is 0.494 e. The SMILES string of the molecule is COc1cc(N2CCCS2(=O)=O)ccc1NC(=O)c1ccc2ccccc2c1. The van der Waals surface area contributed by atoms with Gasteiger partial charge in [-0.25, -0.2) is 8.42 Å². The molecule has 0 radical (unpaired) electrons. The summed E-state index contributed by atoms with van der Waals surface area (Å²) in [5.74, 6) is 0.301. The Labute approximate surface area is 163 Å². The normalized spacial score (nSPS) is 15.5. The Morgan fingerprint density at radius 1 is 1.04 bits per heavy atom. The van der Waals surface area contributed by atoms with Crippen molar-refractivity contribution < 1.29 is 17.9 Å². The first-order chi connectivity index (χ1) is 13.5. The van der Waals surface area contributed by atoms with Gasteiger partial charge in [-0.3, -0.25) is 9.10 Å². The van der Waals surface area contributed by atoms with Gasteiger partial charge in [-0.05, 0) is 41.5 Å². The molecule has 3 aromatic carbocycles. The third-order valence-corrected chi connectivity index (χ3v) is 6.70. The maximum Gasteiger partial charge on any atom is 0.255 e. The lowest BCUT2D eigenvalue weighted by molar-refractivity contribution is 0.102. The Morgan fingerprint density at radius 3 is 2.54 bits per heavy atom. The number of carbonyl (C=O) groups is 1. The number of nitrogens with zero attached hydrogens (tertiary/aromatic N) is 1. The number of methoxy groups -OCH3 is 1. The van der Waals surface area contributed by atoms with Crippen LogP contribution in [0.1, 0.15) is 16.8 Å². The number of nitrogens with one attached hydrogen (secondary N) is 1. The standard InChI is InChI=1S/C21H20N2O4S/c1-27-20-14-18(23-11-4-12-28(23,25)26)9-10-19(20)22-21(24)17-8-7-15-5-2-3-6-16(15)13-17/h2-3,5-10,13-14H,4,11-12H2,1H3,(H,22,24). The number of sulfonamides is 1. The molecule has 144 valence electrons. The molecule has 0 bridgehead atoms. The van der Waals surface area contributed by atoms with Crippen LogP contribution in [0.5, 0.6) is 5.75 Å². The van der Waals surface area contributed by atoms with E-state index in [4.69, 9.17) is 4.74 Å². The fourth-order valence-corrected chi connectivity index (χ4v) is 4.95. The first-order valence-corrected chi connectivity index (χ1v) is 10.6. The van der Waals surface area contributed by atoms with Crippen molar-refractivity contribution in [1.82, 2.24) is 0 Å². The molecule has 1 fully saturated rings. The summed E-state index contributed by atoms with van der Waals surface area (Å²) in [6.45, 7) is 0.453. The number of hydrogen-bond donors (Lipinski definition) is 1. The molecule has 1 amide bonds. The quantitative estimate of drug-likeness (QED) is 0.731. The van der Waals surface area contributed by atoms with Crippen molar-refractivity contribution >= 4 is 38.1 Å². The van der Waals surface area contributed by atoms with Gasteiger partial charge < -0.3 is 10.1 Å². The average Bonchev–Trinajstić information content (AvgIpc) is 3.06. The molecule has 0 spiro atoms. The Balaban J connectivity index is 1.60. The number of hydrogen-bond acceptors (Lipinski definition) is 4. The van der Waals surface area contributed by atoms with Crippen LogP contribution in [0.2, 0.25) is 0 Å². The third-order valence-electron chi connectivity index (χ3n) is 4.83. The van der Waals surface area contributed by atoms with E-state index in [0.29, 0.717) is 35.7 Å². The molecule has 0 saturated carbocycles. The Bertz CT molecular complexity index is 1160. The maximum atomic E-state index is 12.7. The first kappa shape index (κ1) is 18.3. The second-order valence-electron chi connectivity index (χ2n) is 6.64. The van der Waals surface area contributed by atoms with Crippen LogP contribution in [0.15, 0.2) is 60.7 Å². The molecule has 1 aliphatic rings. The minimum atomic E-state index is -3.27. The Hall–Kier alpha value is -3.06. The predicted molar refractivity (Wildman–Crippen MR) is 111 cm³/mol. The van der Waals surface area contributed by atoms with E-state index in [0.717, 1.165) is 10.8 Å². The number of ether oxygens (including phenoxy) is 1. The summed E-state index contributed by atoms with van der Waals surface area (Å²) >= 11 is 0. The van der Waals surface area contributed by atoms with Crippen LogP contribution < -0.4 is 14.4 Å². The van der Waals surface area contributed by atoms with E-state index in [1.165, 1.54) is 11.4 Å². The van der Waals surface area contributed by atoms with Crippen LogP contribution in [-0.2, 0) is 10.0 Å². The van der Waals surface area contributed by atoms with Crippen molar-refractivity contribution in [3.63, 3.8) is 0 Å². The highest BCUT2D eigenvalue weighted by atomic mass is 32.2.